The van der Waals surface area contributed by atoms with Crippen molar-refractivity contribution in [3.05, 3.63) is 29.2 Å². The molecule has 18 heavy (non-hydrogen) atoms. The Hall–Kier alpha value is -1.18. The first-order valence-electron chi connectivity index (χ1n) is 6.69. The van der Waals surface area contributed by atoms with E-state index in [4.69, 9.17) is 4.74 Å². The summed E-state index contributed by atoms with van der Waals surface area (Å²) >= 11 is 0. The van der Waals surface area contributed by atoms with Gasteiger partial charge < -0.3 is 9.84 Å². The van der Waals surface area contributed by atoms with Crippen molar-refractivity contribution in [2.24, 2.45) is 0 Å². The molecule has 2 heteroatoms. The fourth-order valence-corrected chi connectivity index (χ4v) is 2.84. The van der Waals surface area contributed by atoms with E-state index in [9.17, 15) is 5.11 Å². The molecule has 0 aromatic heterocycles. The van der Waals surface area contributed by atoms with E-state index in [0.717, 1.165) is 48.1 Å². The van der Waals surface area contributed by atoms with Crippen molar-refractivity contribution in [1.82, 2.24) is 0 Å². The van der Waals surface area contributed by atoms with Gasteiger partial charge in [-0.1, -0.05) is 6.92 Å². The normalized spacial score (nSPS) is 22.5. The van der Waals surface area contributed by atoms with Gasteiger partial charge in [0.15, 0.2) is 0 Å². The highest BCUT2D eigenvalue weighted by molar-refractivity contribution is 5.58. The van der Waals surface area contributed by atoms with E-state index in [0.29, 0.717) is 5.75 Å². The molecule has 1 aromatic rings. The molecular formula is C16H23O2. The van der Waals surface area contributed by atoms with E-state index in [2.05, 4.69) is 13.8 Å². The molecule has 0 aliphatic carbocycles. The number of hydrogen-bond acceptors (Lipinski definition) is 2. The molecule has 2 rings (SSSR count). The Balaban J connectivity index is 2.50. The molecule has 0 spiro atoms. The lowest BCUT2D eigenvalue weighted by Crippen LogP contribution is -2.36. The topological polar surface area (TPSA) is 29.5 Å². The van der Waals surface area contributed by atoms with Crippen molar-refractivity contribution in [1.29, 1.82) is 0 Å². The zero-order chi connectivity index (χ0) is 13.5. The average Bonchev–Trinajstić information content (AvgIpc) is 2.34. The summed E-state index contributed by atoms with van der Waals surface area (Å²) in [6.45, 7) is 12.1. The van der Waals surface area contributed by atoms with Gasteiger partial charge in [-0.05, 0) is 70.1 Å². The van der Waals surface area contributed by atoms with Gasteiger partial charge in [-0.3, -0.25) is 0 Å². The highest BCUT2D eigenvalue weighted by Crippen LogP contribution is 2.44. The summed E-state index contributed by atoms with van der Waals surface area (Å²) in [6.07, 6.45) is 3.84. The van der Waals surface area contributed by atoms with Crippen molar-refractivity contribution in [2.75, 3.05) is 0 Å². The summed E-state index contributed by atoms with van der Waals surface area (Å²) in [4.78, 5) is 0. The fourth-order valence-electron chi connectivity index (χ4n) is 2.84. The fraction of sp³-hybridized carbons (Fsp3) is 0.562. The minimum absolute atomic E-state index is 0.102. The van der Waals surface area contributed by atoms with Crippen LogP contribution >= 0.6 is 0 Å². The zero-order valence-corrected chi connectivity index (χ0v) is 11.9. The molecule has 0 saturated heterocycles. The van der Waals surface area contributed by atoms with Gasteiger partial charge in [0.2, 0.25) is 0 Å². The first kappa shape index (κ1) is 13.3. The Kier molecular flexibility index (Phi) is 3.31. The molecule has 0 saturated carbocycles. The molecule has 0 amide bonds. The number of benzene rings is 1. The molecule has 1 aliphatic heterocycles. The van der Waals surface area contributed by atoms with Crippen LogP contribution in [0.1, 0.15) is 48.4 Å². The number of rotatable bonds is 2. The highest BCUT2D eigenvalue weighted by Gasteiger charge is 2.33. The molecule has 1 unspecified atom stereocenters. The van der Waals surface area contributed by atoms with Crippen LogP contribution in [0.3, 0.4) is 0 Å². The minimum Gasteiger partial charge on any atom is -0.507 e. The van der Waals surface area contributed by atoms with Gasteiger partial charge >= 0.3 is 0 Å². The number of aromatic hydroxyl groups is 1. The van der Waals surface area contributed by atoms with E-state index in [-0.39, 0.29) is 5.60 Å². The molecule has 1 radical (unpaired) electrons. The quantitative estimate of drug-likeness (QED) is 0.855. The second-order valence-corrected chi connectivity index (χ2v) is 5.69. The van der Waals surface area contributed by atoms with Crippen molar-refractivity contribution >= 4 is 0 Å². The van der Waals surface area contributed by atoms with E-state index >= 15 is 0 Å². The highest BCUT2D eigenvalue weighted by atomic mass is 16.5. The second kappa shape index (κ2) is 4.49. The van der Waals surface area contributed by atoms with E-state index in [1.54, 1.807) is 0 Å². The second-order valence-electron chi connectivity index (χ2n) is 5.69. The maximum atomic E-state index is 10.1. The number of fused-ring (bicyclic) bond motifs is 1. The maximum absolute atomic E-state index is 10.1. The summed E-state index contributed by atoms with van der Waals surface area (Å²) in [5.74, 6) is 1.42. The molecule has 0 bridgehead atoms. The molecule has 1 aromatic carbocycles. The van der Waals surface area contributed by atoms with Gasteiger partial charge in [0.1, 0.15) is 17.1 Å². The number of hydrogen-bond donors (Lipinski definition) is 1. The SMILES string of the molecule is [CH2]CCC1(C)CCc2c(C)c(O)c(C)c(C)c2O1. The largest absolute Gasteiger partial charge is 0.507 e. The summed E-state index contributed by atoms with van der Waals surface area (Å²) in [5, 5.41) is 10.1. The summed E-state index contributed by atoms with van der Waals surface area (Å²) in [6, 6.07) is 0. The maximum Gasteiger partial charge on any atom is 0.127 e. The van der Waals surface area contributed by atoms with Crippen LogP contribution in [0, 0.1) is 27.7 Å². The van der Waals surface area contributed by atoms with Crippen LogP contribution in [0.15, 0.2) is 0 Å². The van der Waals surface area contributed by atoms with Gasteiger partial charge in [-0.15, -0.1) is 0 Å². The molecule has 1 aliphatic rings. The molecule has 1 N–H and O–H groups in total. The predicted molar refractivity (Wildman–Crippen MR) is 74.3 cm³/mol. The Labute approximate surface area is 110 Å². The standard InChI is InChI=1S/C16H23O2/c1-6-8-16(5)9-7-13-12(4)14(17)10(2)11(3)15(13)18-16/h17H,1,6-9H2,2-5H3. The van der Waals surface area contributed by atoms with Crippen molar-refractivity contribution in [3.63, 3.8) is 0 Å². The molecule has 99 valence electrons. The lowest BCUT2D eigenvalue weighted by Gasteiger charge is -2.38. The van der Waals surface area contributed by atoms with E-state index in [1.165, 1.54) is 5.56 Å². The monoisotopic (exact) mass is 247 g/mol. The van der Waals surface area contributed by atoms with Crippen molar-refractivity contribution in [3.8, 4) is 11.5 Å². The van der Waals surface area contributed by atoms with Crippen LogP contribution in [0.4, 0.5) is 0 Å². The van der Waals surface area contributed by atoms with Gasteiger partial charge in [0, 0.05) is 5.56 Å². The van der Waals surface area contributed by atoms with Crippen LogP contribution in [-0.2, 0) is 6.42 Å². The first-order chi connectivity index (χ1) is 8.39. The lowest BCUT2D eigenvalue weighted by molar-refractivity contribution is 0.0557. The summed E-state index contributed by atoms with van der Waals surface area (Å²) in [7, 11) is 0. The van der Waals surface area contributed by atoms with Crippen molar-refractivity contribution < 1.29 is 9.84 Å². The molecular weight excluding hydrogens is 224 g/mol. The van der Waals surface area contributed by atoms with Crippen LogP contribution in [0.25, 0.3) is 0 Å². The zero-order valence-electron chi connectivity index (χ0n) is 11.9. The summed E-state index contributed by atoms with van der Waals surface area (Å²) in [5.41, 5.74) is 4.06. The Bertz CT molecular complexity index is 477. The van der Waals surface area contributed by atoms with Gasteiger partial charge in [0.05, 0.1) is 0 Å². The summed E-state index contributed by atoms with van der Waals surface area (Å²) < 4.78 is 6.26. The third-order valence-electron chi connectivity index (χ3n) is 4.30. The molecule has 2 nitrogen and oxygen atoms in total. The molecule has 0 fully saturated rings. The predicted octanol–water partition coefficient (Wildman–Crippen LogP) is 4.02. The van der Waals surface area contributed by atoms with Crippen LogP contribution in [0.2, 0.25) is 0 Å². The van der Waals surface area contributed by atoms with Gasteiger partial charge in [0.25, 0.3) is 0 Å². The molecule has 1 heterocycles. The van der Waals surface area contributed by atoms with Crippen LogP contribution in [0.5, 0.6) is 11.5 Å². The van der Waals surface area contributed by atoms with Gasteiger partial charge in [-0.2, -0.15) is 0 Å². The smallest absolute Gasteiger partial charge is 0.127 e. The van der Waals surface area contributed by atoms with E-state index in [1.807, 2.05) is 20.8 Å². The lowest BCUT2D eigenvalue weighted by atomic mass is 9.85. The Morgan fingerprint density at radius 3 is 2.50 bits per heavy atom. The minimum atomic E-state index is -0.102. The number of phenols is 1. The number of phenolic OH excluding ortho intramolecular Hbond substituents is 1. The Morgan fingerprint density at radius 2 is 1.89 bits per heavy atom. The third-order valence-corrected chi connectivity index (χ3v) is 4.30. The average molecular weight is 247 g/mol. The van der Waals surface area contributed by atoms with Crippen LogP contribution in [-0.4, -0.2) is 10.7 Å². The number of ether oxygens (including phenoxy) is 1. The van der Waals surface area contributed by atoms with Gasteiger partial charge in [-0.25, -0.2) is 0 Å². The van der Waals surface area contributed by atoms with Crippen LogP contribution < -0.4 is 4.74 Å². The molecule has 1 atom stereocenters. The Morgan fingerprint density at radius 1 is 1.22 bits per heavy atom. The third kappa shape index (κ3) is 1.98. The van der Waals surface area contributed by atoms with Crippen molar-refractivity contribution in [2.45, 2.75) is 59.0 Å². The van der Waals surface area contributed by atoms with E-state index < -0.39 is 0 Å². The first-order valence-corrected chi connectivity index (χ1v) is 6.69.